The maximum absolute atomic E-state index is 12.9. The second-order valence-corrected chi connectivity index (χ2v) is 10.3. The zero-order chi connectivity index (χ0) is 24.0. The van der Waals surface area contributed by atoms with Crippen LogP contribution in [0, 0.1) is 0 Å². The maximum atomic E-state index is 12.9. The lowest BCUT2D eigenvalue weighted by molar-refractivity contribution is 0.0937. The predicted octanol–water partition coefficient (Wildman–Crippen LogP) is 0.891. The van der Waals surface area contributed by atoms with Gasteiger partial charge < -0.3 is 24.7 Å². The van der Waals surface area contributed by atoms with Crippen LogP contribution in [0.3, 0.4) is 0 Å². The van der Waals surface area contributed by atoms with E-state index < -0.39 is 10.2 Å². The van der Waals surface area contributed by atoms with Gasteiger partial charge in [0.2, 0.25) is 5.95 Å². The van der Waals surface area contributed by atoms with Crippen molar-refractivity contribution < 1.29 is 22.4 Å². The molecule has 0 bridgehead atoms. The van der Waals surface area contributed by atoms with Crippen LogP contribution in [0.15, 0.2) is 16.5 Å². The van der Waals surface area contributed by atoms with E-state index in [0.29, 0.717) is 48.9 Å². The van der Waals surface area contributed by atoms with Crippen molar-refractivity contribution in [2.75, 3.05) is 57.7 Å². The van der Waals surface area contributed by atoms with E-state index in [-0.39, 0.29) is 29.4 Å². The Bertz CT molecular complexity index is 1340. The quantitative estimate of drug-likeness (QED) is 0.489. The second kappa shape index (κ2) is 8.52. The molecule has 5 rings (SSSR count). The van der Waals surface area contributed by atoms with Crippen molar-refractivity contribution in [1.29, 1.82) is 0 Å². The van der Waals surface area contributed by atoms with Gasteiger partial charge >= 0.3 is 10.2 Å². The Labute approximate surface area is 196 Å². The average molecular weight is 491 g/mol. The van der Waals surface area contributed by atoms with Crippen molar-refractivity contribution in [3.63, 3.8) is 0 Å². The molecule has 14 heteroatoms. The van der Waals surface area contributed by atoms with Crippen LogP contribution in [0.25, 0.3) is 11.1 Å². The fraction of sp³-hybridized carbons (Fsp3) is 0.500. The Hall–Kier alpha value is -3.23. The molecule has 0 atom stereocenters. The number of fused-ring (bicyclic) bond motifs is 1. The van der Waals surface area contributed by atoms with Gasteiger partial charge in [0.25, 0.3) is 5.91 Å². The molecule has 4 heterocycles. The van der Waals surface area contributed by atoms with Crippen LogP contribution in [-0.4, -0.2) is 85.2 Å². The number of nitrogens with zero attached hydrogens (tertiary/aromatic N) is 6. The fourth-order valence-electron chi connectivity index (χ4n) is 3.69. The number of rotatable bonds is 7. The molecule has 0 radical (unpaired) electrons. The highest BCUT2D eigenvalue weighted by molar-refractivity contribution is 7.87. The summed E-state index contributed by atoms with van der Waals surface area (Å²) in [5.41, 5.74) is 1.49. The Balaban J connectivity index is 1.60. The van der Waals surface area contributed by atoms with Crippen molar-refractivity contribution in [3.05, 3.63) is 23.6 Å². The summed E-state index contributed by atoms with van der Waals surface area (Å²) >= 11 is 0. The van der Waals surface area contributed by atoms with Crippen LogP contribution in [0.1, 0.15) is 35.0 Å². The fourth-order valence-corrected chi connectivity index (χ4v) is 4.54. The van der Waals surface area contributed by atoms with E-state index in [2.05, 4.69) is 25.7 Å². The molecule has 0 aromatic carbocycles. The first kappa shape index (κ1) is 22.6. The zero-order valence-electron chi connectivity index (χ0n) is 19.1. The average Bonchev–Trinajstić information content (AvgIpc) is 3.45. The molecule has 0 unspecified atom stereocenters. The number of nitrogens with one attached hydrogen (secondary N) is 2. The summed E-state index contributed by atoms with van der Waals surface area (Å²) in [7, 11) is 0.535. The molecule has 2 N–H and O–H groups in total. The lowest BCUT2D eigenvalue weighted by Gasteiger charge is -2.27. The van der Waals surface area contributed by atoms with E-state index in [1.165, 1.54) is 27.2 Å². The lowest BCUT2D eigenvalue weighted by atomic mass is 10.3. The summed E-state index contributed by atoms with van der Waals surface area (Å²) in [6, 6.07) is 3.25. The van der Waals surface area contributed by atoms with Crippen LogP contribution in [0.4, 0.5) is 17.6 Å². The minimum absolute atomic E-state index is 0.106. The largest absolute Gasteiger partial charge is 0.445 e. The normalized spacial score (nSPS) is 16.9. The molecule has 182 valence electrons. The first-order valence-corrected chi connectivity index (χ1v) is 12.3. The minimum Gasteiger partial charge on any atom is -0.445 e. The number of morpholine rings is 1. The van der Waals surface area contributed by atoms with Gasteiger partial charge in [-0.2, -0.15) is 22.8 Å². The molecule has 3 aromatic heterocycles. The van der Waals surface area contributed by atoms with Gasteiger partial charge in [0.05, 0.1) is 18.9 Å². The highest BCUT2D eigenvalue weighted by atomic mass is 32.2. The second-order valence-electron chi connectivity index (χ2n) is 8.36. The first-order valence-electron chi connectivity index (χ1n) is 10.9. The number of amides is 1. The highest BCUT2D eigenvalue weighted by Crippen LogP contribution is 2.40. The van der Waals surface area contributed by atoms with E-state index in [1.807, 2.05) is 4.90 Å². The molecule has 1 aliphatic heterocycles. The van der Waals surface area contributed by atoms with E-state index in [1.54, 1.807) is 6.07 Å². The summed E-state index contributed by atoms with van der Waals surface area (Å²) in [5.74, 6) is 0.860. The van der Waals surface area contributed by atoms with Gasteiger partial charge in [-0.15, -0.1) is 4.09 Å². The van der Waals surface area contributed by atoms with Gasteiger partial charge in [-0.05, 0) is 12.8 Å². The molecule has 1 saturated carbocycles. The molecule has 3 aromatic rings. The van der Waals surface area contributed by atoms with E-state index >= 15 is 0 Å². The van der Waals surface area contributed by atoms with Crippen LogP contribution in [-0.2, 0) is 14.9 Å². The first-order chi connectivity index (χ1) is 16.3. The molecule has 34 heavy (non-hydrogen) atoms. The van der Waals surface area contributed by atoms with Crippen LogP contribution < -0.4 is 15.5 Å². The monoisotopic (exact) mass is 490 g/mol. The highest BCUT2D eigenvalue weighted by Gasteiger charge is 2.31. The maximum Gasteiger partial charge on any atom is 0.324 e. The molecule has 1 aliphatic carbocycles. The van der Waals surface area contributed by atoms with Gasteiger partial charge in [-0.25, -0.2) is 4.98 Å². The van der Waals surface area contributed by atoms with Crippen molar-refractivity contribution in [1.82, 2.24) is 28.8 Å². The Morgan fingerprint density at radius 2 is 1.91 bits per heavy atom. The van der Waals surface area contributed by atoms with Gasteiger partial charge in [-0.3, -0.25) is 4.79 Å². The van der Waals surface area contributed by atoms with E-state index in [9.17, 15) is 13.2 Å². The number of furan rings is 1. The summed E-state index contributed by atoms with van der Waals surface area (Å²) in [6.45, 7) is 2.21. The van der Waals surface area contributed by atoms with Crippen molar-refractivity contribution >= 4 is 44.8 Å². The molecule has 1 saturated heterocycles. The third-order valence-electron chi connectivity index (χ3n) is 5.73. The van der Waals surface area contributed by atoms with Crippen molar-refractivity contribution in [2.24, 2.45) is 0 Å². The standard InChI is InChI=1S/C20H26N8O5S/c1-21-19(29)15-10-14-17(33-15)18(27-6-8-32-9-7-27)24-20(22-14)23-16-11-13(12-4-5-12)25-28(16)34(30,31)26(2)3/h10-12H,4-9H2,1-3H3,(H,21,29)(H,22,23,24). The molecule has 13 nitrogen and oxygen atoms in total. The van der Waals surface area contributed by atoms with E-state index in [4.69, 9.17) is 9.15 Å². The SMILES string of the molecule is CNC(=O)c1cc2nc(Nc3cc(C4CC4)nn3S(=O)(=O)N(C)C)nc(N3CCOCC3)c2o1. The molecular weight excluding hydrogens is 464 g/mol. The number of ether oxygens (including phenoxy) is 1. The summed E-state index contributed by atoms with van der Waals surface area (Å²) in [6.07, 6.45) is 1.94. The van der Waals surface area contributed by atoms with Crippen LogP contribution >= 0.6 is 0 Å². The third kappa shape index (κ3) is 4.08. The minimum atomic E-state index is -3.87. The number of anilines is 3. The van der Waals surface area contributed by atoms with Gasteiger partial charge in [0.15, 0.2) is 17.2 Å². The van der Waals surface area contributed by atoms with Gasteiger partial charge in [-0.1, -0.05) is 0 Å². The topological polar surface area (TPSA) is 148 Å². The summed E-state index contributed by atoms with van der Waals surface area (Å²) < 4.78 is 39.1. The lowest BCUT2D eigenvalue weighted by Crippen LogP contribution is -2.37. The molecular formula is C20H26N8O5S. The van der Waals surface area contributed by atoms with Crippen LogP contribution in [0.5, 0.6) is 0 Å². The van der Waals surface area contributed by atoms with Crippen molar-refractivity contribution in [2.45, 2.75) is 18.8 Å². The van der Waals surface area contributed by atoms with Gasteiger partial charge in [0.1, 0.15) is 11.3 Å². The number of aromatic nitrogens is 4. The van der Waals surface area contributed by atoms with Gasteiger partial charge in [0, 0.05) is 52.3 Å². The molecule has 2 aliphatic rings. The number of hydrogen-bond acceptors (Lipinski definition) is 10. The zero-order valence-corrected chi connectivity index (χ0v) is 19.9. The summed E-state index contributed by atoms with van der Waals surface area (Å²) in [5, 5.41) is 9.91. The van der Waals surface area contributed by atoms with Crippen molar-refractivity contribution in [3.8, 4) is 0 Å². The van der Waals surface area contributed by atoms with Crippen LogP contribution in [0.2, 0.25) is 0 Å². The number of carbonyl (C=O) groups is 1. The number of carbonyl (C=O) groups excluding carboxylic acids is 1. The molecule has 0 spiro atoms. The smallest absolute Gasteiger partial charge is 0.324 e. The number of hydrogen-bond donors (Lipinski definition) is 2. The Morgan fingerprint density at radius 3 is 2.56 bits per heavy atom. The molecule has 1 amide bonds. The molecule has 2 fully saturated rings. The Morgan fingerprint density at radius 1 is 1.18 bits per heavy atom. The predicted molar refractivity (Wildman–Crippen MR) is 124 cm³/mol. The summed E-state index contributed by atoms with van der Waals surface area (Å²) in [4.78, 5) is 23.3. The third-order valence-corrected chi connectivity index (χ3v) is 7.37. The van der Waals surface area contributed by atoms with E-state index in [0.717, 1.165) is 21.2 Å². The Kier molecular flexibility index (Phi) is 5.65.